The number of aryl methyl sites for hydroxylation is 1. The number of thiophene rings is 1. The number of hydrogen-bond acceptors (Lipinski definition) is 3. The van der Waals surface area contributed by atoms with Gasteiger partial charge in [-0.15, -0.1) is 11.3 Å². The number of carbonyl (C=O) groups excluding carboxylic acids is 2. The van der Waals surface area contributed by atoms with E-state index in [2.05, 4.69) is 0 Å². The monoisotopic (exact) mass is 428 g/mol. The maximum absolute atomic E-state index is 13.9. The van der Waals surface area contributed by atoms with Crippen LogP contribution in [0, 0.1) is 18.7 Å². The molecule has 0 spiro atoms. The third-order valence-electron chi connectivity index (χ3n) is 6.61. The molecular weight excluding hydrogens is 407 g/mol. The van der Waals surface area contributed by atoms with Crippen molar-refractivity contribution < 1.29 is 14.0 Å². The minimum absolute atomic E-state index is 0.0550. The summed E-state index contributed by atoms with van der Waals surface area (Å²) in [5, 5.41) is 0.839. The Morgan fingerprint density at radius 2 is 1.52 bits per heavy atom. The van der Waals surface area contributed by atoms with E-state index in [1.807, 2.05) is 67.6 Å². The quantitative estimate of drug-likeness (QED) is 0.362. The van der Waals surface area contributed by atoms with Gasteiger partial charge in [0.25, 0.3) is 0 Å². The second kappa shape index (κ2) is 7.24. The van der Waals surface area contributed by atoms with Gasteiger partial charge in [-0.25, -0.2) is 4.39 Å². The molecule has 4 aromatic rings. The zero-order valence-electron chi connectivity index (χ0n) is 17.3. The van der Waals surface area contributed by atoms with Gasteiger partial charge >= 0.3 is 0 Å². The summed E-state index contributed by atoms with van der Waals surface area (Å²) >= 11 is 1.54. The summed E-state index contributed by atoms with van der Waals surface area (Å²) in [7, 11) is 0. The molecule has 1 fully saturated rings. The summed E-state index contributed by atoms with van der Waals surface area (Å²) in [5.41, 5.74) is 1.49. The molecule has 4 heteroatoms. The Kier molecular flexibility index (Phi) is 4.63. The Labute approximate surface area is 184 Å². The molecule has 3 aromatic carbocycles. The second-order valence-corrected chi connectivity index (χ2v) is 9.40. The lowest BCUT2D eigenvalue weighted by Crippen LogP contribution is -2.62. The smallest absolute Gasteiger partial charge is 0.162 e. The normalized spacial score (nSPS) is 21.8. The highest BCUT2D eigenvalue weighted by Crippen LogP contribution is 2.51. The fourth-order valence-electron chi connectivity index (χ4n) is 4.81. The van der Waals surface area contributed by atoms with Crippen molar-refractivity contribution in [1.29, 1.82) is 0 Å². The van der Waals surface area contributed by atoms with Crippen LogP contribution in [0.15, 0.2) is 78.9 Å². The molecule has 0 bridgehead atoms. The van der Waals surface area contributed by atoms with Gasteiger partial charge in [0.2, 0.25) is 0 Å². The van der Waals surface area contributed by atoms with E-state index in [1.54, 1.807) is 24.3 Å². The molecule has 1 atom stereocenters. The van der Waals surface area contributed by atoms with Crippen LogP contribution in [0.3, 0.4) is 0 Å². The third kappa shape index (κ3) is 2.89. The van der Waals surface area contributed by atoms with E-state index in [1.165, 1.54) is 12.1 Å². The fourth-order valence-corrected chi connectivity index (χ4v) is 6.16. The molecule has 31 heavy (non-hydrogen) atoms. The van der Waals surface area contributed by atoms with Crippen molar-refractivity contribution in [3.8, 4) is 0 Å². The summed E-state index contributed by atoms with van der Waals surface area (Å²) in [4.78, 5) is 28.1. The Morgan fingerprint density at radius 1 is 0.903 bits per heavy atom. The number of fused-ring (bicyclic) bond motifs is 1. The molecule has 1 aromatic heterocycles. The van der Waals surface area contributed by atoms with E-state index in [-0.39, 0.29) is 23.3 Å². The van der Waals surface area contributed by atoms with Crippen LogP contribution in [0.2, 0.25) is 0 Å². The number of carbonyl (C=O) groups is 2. The minimum atomic E-state index is -1.12. The van der Waals surface area contributed by atoms with Gasteiger partial charge in [-0.2, -0.15) is 0 Å². The average Bonchev–Trinajstić information content (AvgIpc) is 3.13. The van der Waals surface area contributed by atoms with Gasteiger partial charge in [0.1, 0.15) is 11.2 Å². The van der Waals surface area contributed by atoms with Gasteiger partial charge in [0.05, 0.1) is 5.92 Å². The molecular formula is C27H21FO2S. The molecule has 0 amide bonds. The molecule has 1 unspecified atom stereocenters. The summed E-state index contributed by atoms with van der Waals surface area (Å²) in [6.45, 7) is 3.69. The van der Waals surface area contributed by atoms with E-state index in [9.17, 15) is 14.0 Å². The van der Waals surface area contributed by atoms with Crippen LogP contribution in [0.25, 0.3) is 10.1 Å². The van der Waals surface area contributed by atoms with Gasteiger partial charge in [-0.3, -0.25) is 9.59 Å². The number of Topliss-reactive ketones (excluding diaryl/α,β-unsaturated/α-hetero) is 2. The molecule has 2 nitrogen and oxygen atoms in total. The maximum Gasteiger partial charge on any atom is 0.162 e. The van der Waals surface area contributed by atoms with Crippen LogP contribution in [0.5, 0.6) is 0 Å². The first-order valence-electron chi connectivity index (χ1n) is 10.3. The van der Waals surface area contributed by atoms with Crippen molar-refractivity contribution in [3.63, 3.8) is 0 Å². The zero-order chi connectivity index (χ0) is 21.8. The van der Waals surface area contributed by atoms with E-state index >= 15 is 0 Å². The Bertz CT molecular complexity index is 1290. The molecule has 1 aliphatic carbocycles. The predicted molar refractivity (Wildman–Crippen MR) is 122 cm³/mol. The van der Waals surface area contributed by atoms with Gasteiger partial charge in [0, 0.05) is 15.5 Å². The molecule has 1 aliphatic rings. The lowest BCUT2D eigenvalue weighted by atomic mass is 9.53. The van der Waals surface area contributed by atoms with Crippen LogP contribution in [0.4, 0.5) is 4.39 Å². The van der Waals surface area contributed by atoms with Crippen LogP contribution in [-0.4, -0.2) is 11.6 Å². The summed E-state index contributed by atoms with van der Waals surface area (Å²) < 4.78 is 14.9. The van der Waals surface area contributed by atoms with Crippen molar-refractivity contribution in [2.24, 2.45) is 5.92 Å². The molecule has 0 N–H and O–H groups in total. The second-order valence-electron chi connectivity index (χ2n) is 8.32. The van der Waals surface area contributed by atoms with E-state index in [0.29, 0.717) is 0 Å². The van der Waals surface area contributed by atoms with E-state index in [0.717, 1.165) is 31.7 Å². The third-order valence-corrected chi connectivity index (χ3v) is 7.97. The van der Waals surface area contributed by atoms with Gasteiger partial charge in [0.15, 0.2) is 11.6 Å². The van der Waals surface area contributed by atoms with Gasteiger partial charge in [-0.05, 0) is 54.1 Å². The SMILES string of the molecule is Cc1c(C(c2ccccc2)C2C(=O)C(C)(c3ccccc3)C2=O)sc2ccc(F)cc12. The minimum Gasteiger partial charge on any atom is -0.297 e. The van der Waals surface area contributed by atoms with Crippen LogP contribution in [0.1, 0.15) is 34.4 Å². The van der Waals surface area contributed by atoms with Crippen molar-refractivity contribution in [3.05, 3.63) is 106 Å². The van der Waals surface area contributed by atoms with Crippen molar-refractivity contribution >= 4 is 33.0 Å². The average molecular weight is 429 g/mol. The largest absolute Gasteiger partial charge is 0.297 e. The van der Waals surface area contributed by atoms with E-state index in [4.69, 9.17) is 0 Å². The van der Waals surface area contributed by atoms with Crippen molar-refractivity contribution in [2.45, 2.75) is 25.2 Å². The highest BCUT2D eigenvalue weighted by atomic mass is 32.1. The summed E-state index contributed by atoms with van der Waals surface area (Å²) in [5.74, 6) is -1.52. The highest BCUT2D eigenvalue weighted by molar-refractivity contribution is 7.19. The predicted octanol–water partition coefficient (Wildman–Crippen LogP) is 6.21. The number of hydrogen-bond donors (Lipinski definition) is 0. The van der Waals surface area contributed by atoms with Crippen LogP contribution < -0.4 is 0 Å². The molecule has 154 valence electrons. The molecule has 0 radical (unpaired) electrons. The number of ketones is 2. The number of benzene rings is 3. The summed E-state index contributed by atoms with van der Waals surface area (Å²) in [6.07, 6.45) is 0. The standard InChI is InChI=1S/C27H21FO2S/c1-16-20-15-19(28)13-14-21(20)31-24(16)22(17-9-5-3-6-10-17)23-25(29)27(2,26(23)30)18-11-7-4-8-12-18/h3-15,22-23H,1-2H3. The summed E-state index contributed by atoms with van der Waals surface area (Å²) in [6, 6.07) is 23.7. The molecule has 0 saturated heterocycles. The topological polar surface area (TPSA) is 34.1 Å². The lowest BCUT2D eigenvalue weighted by molar-refractivity contribution is -0.153. The first-order valence-corrected chi connectivity index (χ1v) is 11.1. The van der Waals surface area contributed by atoms with Crippen LogP contribution >= 0.6 is 11.3 Å². The zero-order valence-corrected chi connectivity index (χ0v) is 18.1. The first-order chi connectivity index (χ1) is 14.9. The first kappa shape index (κ1) is 19.8. The Balaban J connectivity index is 1.65. The van der Waals surface area contributed by atoms with Crippen molar-refractivity contribution in [2.75, 3.05) is 0 Å². The molecule has 5 rings (SSSR count). The van der Waals surface area contributed by atoms with Crippen molar-refractivity contribution in [1.82, 2.24) is 0 Å². The number of rotatable bonds is 4. The maximum atomic E-state index is 13.9. The Hall–Kier alpha value is -3.11. The molecule has 0 aliphatic heterocycles. The van der Waals surface area contributed by atoms with Gasteiger partial charge < -0.3 is 0 Å². The van der Waals surface area contributed by atoms with Crippen LogP contribution in [-0.2, 0) is 15.0 Å². The lowest BCUT2D eigenvalue weighted by Gasteiger charge is -2.45. The Morgan fingerprint density at radius 3 is 2.16 bits per heavy atom. The molecule has 1 saturated carbocycles. The number of halogens is 1. The molecule has 1 heterocycles. The van der Waals surface area contributed by atoms with E-state index < -0.39 is 11.3 Å². The van der Waals surface area contributed by atoms with Gasteiger partial charge in [-0.1, -0.05) is 60.7 Å². The fraction of sp³-hybridized carbons (Fsp3) is 0.185. The highest BCUT2D eigenvalue weighted by Gasteiger charge is 2.62.